The van der Waals surface area contributed by atoms with Gasteiger partial charge in [0, 0.05) is 42.8 Å². The molecule has 2 N–H and O–H groups in total. The quantitative estimate of drug-likeness (QED) is 0.264. The van der Waals surface area contributed by atoms with Crippen LogP contribution >= 0.6 is 11.3 Å². The first-order valence-corrected chi connectivity index (χ1v) is 14.7. The third-order valence-electron chi connectivity index (χ3n) is 7.40. The second kappa shape index (κ2) is 11.4. The van der Waals surface area contributed by atoms with Crippen molar-refractivity contribution in [2.75, 3.05) is 6.54 Å². The summed E-state index contributed by atoms with van der Waals surface area (Å²) in [6, 6.07) is 14.6. The van der Waals surface area contributed by atoms with Crippen molar-refractivity contribution >= 4 is 23.3 Å². The molecule has 1 aromatic carbocycles. The summed E-state index contributed by atoms with van der Waals surface area (Å²) in [6.07, 6.45) is 2.66. The molecule has 13 heteroatoms. The second-order valence-corrected chi connectivity index (χ2v) is 11.6. The van der Waals surface area contributed by atoms with Crippen LogP contribution in [-0.4, -0.2) is 53.4 Å². The maximum Gasteiger partial charge on any atom is 0.405 e. The van der Waals surface area contributed by atoms with Crippen molar-refractivity contribution in [2.45, 2.75) is 44.8 Å². The van der Waals surface area contributed by atoms with E-state index in [4.69, 9.17) is 19.9 Å². The number of rotatable bonds is 8. The first kappa shape index (κ1) is 28.2. The van der Waals surface area contributed by atoms with Gasteiger partial charge in [0.15, 0.2) is 5.60 Å². The SMILES string of the molecule is Cc1csc([C@H]2CCCN2C(=O)c2cc(-c3nnc([C@@](C)(Cc4ccccc4)OC(N)=O)o3)nc(-c3ccnn3C)c2)n1. The number of aromatic nitrogens is 6. The number of aryl methyl sites for hydroxylation is 2. The summed E-state index contributed by atoms with van der Waals surface area (Å²) >= 11 is 1.57. The average molecular weight is 599 g/mol. The number of pyridine rings is 1. The number of amides is 2. The Labute approximate surface area is 251 Å². The second-order valence-electron chi connectivity index (χ2n) is 10.7. The Morgan fingerprint density at radius 1 is 1.14 bits per heavy atom. The lowest BCUT2D eigenvalue weighted by molar-refractivity contribution is 0.00732. The number of likely N-dealkylation sites (tertiary alicyclic amines) is 1. The van der Waals surface area contributed by atoms with E-state index in [1.54, 1.807) is 48.3 Å². The van der Waals surface area contributed by atoms with Crippen molar-refractivity contribution in [2.24, 2.45) is 12.8 Å². The number of hydrogen-bond donors (Lipinski definition) is 1. The van der Waals surface area contributed by atoms with Crippen LogP contribution in [0.1, 0.15) is 58.3 Å². The molecule has 0 spiro atoms. The fourth-order valence-electron chi connectivity index (χ4n) is 5.38. The summed E-state index contributed by atoms with van der Waals surface area (Å²) in [5.74, 6) is -0.0356. The number of primary amides is 1. The van der Waals surface area contributed by atoms with Gasteiger partial charge < -0.3 is 19.8 Å². The molecule has 6 rings (SSSR count). The van der Waals surface area contributed by atoms with Crippen molar-refractivity contribution in [3.05, 3.63) is 87.8 Å². The molecule has 0 unspecified atom stereocenters. The van der Waals surface area contributed by atoms with E-state index in [0.717, 1.165) is 29.1 Å². The first-order valence-electron chi connectivity index (χ1n) is 13.8. The summed E-state index contributed by atoms with van der Waals surface area (Å²) in [7, 11) is 1.80. The van der Waals surface area contributed by atoms with Crippen LogP contribution in [0.15, 0.2) is 64.5 Å². The zero-order valence-electron chi connectivity index (χ0n) is 23.9. The summed E-state index contributed by atoms with van der Waals surface area (Å²) in [5, 5.41) is 15.7. The minimum atomic E-state index is -1.34. The van der Waals surface area contributed by atoms with E-state index >= 15 is 0 Å². The van der Waals surface area contributed by atoms with Crippen LogP contribution in [0, 0.1) is 6.92 Å². The molecule has 0 saturated carbocycles. The smallest absolute Gasteiger partial charge is 0.405 e. The number of hydrogen-bond acceptors (Lipinski definition) is 10. The molecular weight excluding hydrogens is 568 g/mol. The highest BCUT2D eigenvalue weighted by atomic mass is 32.1. The lowest BCUT2D eigenvalue weighted by Gasteiger charge is -2.25. The van der Waals surface area contributed by atoms with Crippen LogP contribution in [0.25, 0.3) is 23.0 Å². The Morgan fingerprint density at radius 2 is 1.93 bits per heavy atom. The molecule has 1 fully saturated rings. The molecule has 12 nitrogen and oxygen atoms in total. The van der Waals surface area contributed by atoms with E-state index in [-0.39, 0.29) is 30.2 Å². The van der Waals surface area contributed by atoms with E-state index in [0.29, 0.717) is 29.2 Å². The van der Waals surface area contributed by atoms with Gasteiger partial charge in [0.25, 0.3) is 17.7 Å². The normalized spacial score (nSPS) is 16.3. The molecule has 220 valence electrons. The Hall–Kier alpha value is -4.91. The molecule has 1 aliphatic rings. The Kier molecular flexibility index (Phi) is 7.48. The summed E-state index contributed by atoms with van der Waals surface area (Å²) in [4.78, 5) is 37.2. The zero-order chi connectivity index (χ0) is 30.1. The molecule has 43 heavy (non-hydrogen) atoms. The molecule has 0 aliphatic carbocycles. The zero-order valence-corrected chi connectivity index (χ0v) is 24.7. The summed E-state index contributed by atoms with van der Waals surface area (Å²) in [5.41, 5.74) is 7.84. The van der Waals surface area contributed by atoms with Crippen LogP contribution < -0.4 is 5.73 Å². The summed E-state index contributed by atoms with van der Waals surface area (Å²) < 4.78 is 13.3. The van der Waals surface area contributed by atoms with Crippen molar-refractivity contribution in [3.8, 4) is 23.0 Å². The maximum absolute atomic E-state index is 14.0. The van der Waals surface area contributed by atoms with Crippen LogP contribution in [0.5, 0.6) is 0 Å². The minimum Gasteiger partial charge on any atom is -0.433 e. The number of thiazole rings is 1. The topological polar surface area (TPSA) is 155 Å². The number of nitrogens with two attached hydrogens (primary N) is 1. The fourth-order valence-corrected chi connectivity index (χ4v) is 6.32. The van der Waals surface area contributed by atoms with Gasteiger partial charge in [-0.05, 0) is 50.5 Å². The average Bonchev–Trinajstić information content (AvgIpc) is 3.80. The predicted molar refractivity (Wildman–Crippen MR) is 158 cm³/mol. The standard InChI is InChI=1S/C30H30N8O4S/c1-18-17-43-26(33-18)24-10-7-13-38(24)27(39)20-14-21(23-11-12-32-37(23)3)34-22(15-20)25-35-36-28(41-25)30(2,42-29(31)40)16-19-8-5-4-6-9-19/h4-6,8-9,11-12,14-15,17,24H,7,10,13,16H2,1-3H3,(H2,31,40)/t24-,30-/m1/s1. The number of ether oxygens (including phenoxy) is 1. The molecule has 5 aromatic rings. The highest BCUT2D eigenvalue weighted by Crippen LogP contribution is 2.36. The Balaban J connectivity index is 1.39. The van der Waals surface area contributed by atoms with Gasteiger partial charge in [0.2, 0.25) is 0 Å². The van der Waals surface area contributed by atoms with Gasteiger partial charge in [-0.3, -0.25) is 9.48 Å². The minimum absolute atomic E-state index is 0.0458. The lowest BCUT2D eigenvalue weighted by atomic mass is 9.96. The predicted octanol–water partition coefficient (Wildman–Crippen LogP) is 4.83. The van der Waals surface area contributed by atoms with Crippen LogP contribution in [0.4, 0.5) is 4.79 Å². The van der Waals surface area contributed by atoms with Crippen molar-refractivity contribution in [1.29, 1.82) is 0 Å². The van der Waals surface area contributed by atoms with Crippen molar-refractivity contribution in [3.63, 3.8) is 0 Å². The largest absolute Gasteiger partial charge is 0.433 e. The fraction of sp³-hybridized carbons (Fsp3) is 0.300. The van der Waals surface area contributed by atoms with Gasteiger partial charge in [0.1, 0.15) is 10.7 Å². The number of benzene rings is 1. The molecule has 1 aliphatic heterocycles. The lowest BCUT2D eigenvalue weighted by Crippen LogP contribution is -2.34. The Morgan fingerprint density at radius 3 is 2.63 bits per heavy atom. The van der Waals surface area contributed by atoms with Gasteiger partial charge in [-0.1, -0.05) is 30.3 Å². The van der Waals surface area contributed by atoms with Crippen molar-refractivity contribution in [1.82, 2.24) is 34.8 Å². The van der Waals surface area contributed by atoms with Crippen LogP contribution in [-0.2, 0) is 23.8 Å². The van der Waals surface area contributed by atoms with E-state index in [9.17, 15) is 9.59 Å². The van der Waals surface area contributed by atoms with E-state index in [2.05, 4.69) is 20.3 Å². The molecule has 2 atom stereocenters. The van der Waals surface area contributed by atoms with Crippen LogP contribution in [0.2, 0.25) is 0 Å². The van der Waals surface area contributed by atoms with E-state index in [1.165, 1.54) is 0 Å². The van der Waals surface area contributed by atoms with Gasteiger partial charge in [0.05, 0.1) is 17.4 Å². The number of carbonyl (C=O) groups excluding carboxylic acids is 2. The highest BCUT2D eigenvalue weighted by Gasteiger charge is 2.38. The molecule has 1 saturated heterocycles. The molecule has 2 amide bonds. The Bertz CT molecular complexity index is 1780. The highest BCUT2D eigenvalue weighted by molar-refractivity contribution is 7.09. The maximum atomic E-state index is 14.0. The molecule has 0 radical (unpaired) electrons. The number of carbonyl (C=O) groups is 2. The van der Waals surface area contributed by atoms with Gasteiger partial charge in [-0.25, -0.2) is 14.8 Å². The van der Waals surface area contributed by atoms with Gasteiger partial charge in [-0.15, -0.1) is 21.5 Å². The van der Waals surface area contributed by atoms with E-state index in [1.807, 2.05) is 53.6 Å². The third-order valence-corrected chi connectivity index (χ3v) is 8.46. The summed E-state index contributed by atoms with van der Waals surface area (Å²) in [6.45, 7) is 4.23. The molecular formula is C30H30N8O4S. The number of nitrogens with zero attached hydrogens (tertiary/aromatic N) is 7. The van der Waals surface area contributed by atoms with E-state index < -0.39 is 11.7 Å². The monoisotopic (exact) mass is 598 g/mol. The molecule has 4 aromatic heterocycles. The van der Waals surface area contributed by atoms with Crippen molar-refractivity contribution < 1.29 is 18.7 Å². The third kappa shape index (κ3) is 5.75. The van der Waals surface area contributed by atoms with Gasteiger partial charge in [-0.2, -0.15) is 5.10 Å². The van der Waals surface area contributed by atoms with Crippen LogP contribution in [0.3, 0.4) is 0 Å². The first-order chi connectivity index (χ1) is 20.7. The molecule has 0 bridgehead atoms. The molecule has 5 heterocycles. The van der Waals surface area contributed by atoms with Gasteiger partial charge >= 0.3 is 6.09 Å².